The predicted molar refractivity (Wildman–Crippen MR) is 53.0 cm³/mol. The maximum atomic E-state index is 8.50. The monoisotopic (exact) mass is 181 g/mol. The lowest BCUT2D eigenvalue weighted by atomic mass is 9.92. The van der Waals surface area contributed by atoms with Crippen molar-refractivity contribution in [2.75, 3.05) is 19.6 Å². The van der Waals surface area contributed by atoms with Gasteiger partial charge in [-0.2, -0.15) is 5.26 Å². The van der Waals surface area contributed by atoms with Crippen molar-refractivity contribution in [2.24, 2.45) is 11.7 Å². The second kappa shape index (κ2) is 5.21. The largest absolute Gasteiger partial charge is 0.329 e. The van der Waals surface area contributed by atoms with Crippen molar-refractivity contribution in [2.45, 2.75) is 32.2 Å². The standard InChI is InChI=1S/C10H19N3/c1-9-3-6-13(5-2-4-11)10(7-9)8-12/h9-10H,2-3,5-8,12H2,1H3. The molecule has 1 aliphatic rings. The SMILES string of the molecule is CC1CCN(CCC#N)C(CN)C1. The van der Waals surface area contributed by atoms with Crippen LogP contribution in [0.4, 0.5) is 0 Å². The molecule has 2 N–H and O–H groups in total. The zero-order chi connectivity index (χ0) is 9.68. The van der Waals surface area contributed by atoms with E-state index in [1.54, 1.807) is 0 Å². The van der Waals surface area contributed by atoms with Crippen LogP contribution in [-0.2, 0) is 0 Å². The smallest absolute Gasteiger partial charge is 0.0635 e. The van der Waals surface area contributed by atoms with Crippen molar-refractivity contribution in [1.82, 2.24) is 4.90 Å². The Kier molecular flexibility index (Phi) is 4.20. The van der Waals surface area contributed by atoms with E-state index in [0.717, 1.165) is 25.6 Å². The molecule has 1 heterocycles. The number of nitrogens with two attached hydrogens (primary N) is 1. The lowest BCUT2D eigenvalue weighted by molar-refractivity contribution is 0.125. The van der Waals surface area contributed by atoms with E-state index < -0.39 is 0 Å². The van der Waals surface area contributed by atoms with Crippen LogP contribution in [0.25, 0.3) is 0 Å². The quantitative estimate of drug-likeness (QED) is 0.705. The molecular formula is C10H19N3. The van der Waals surface area contributed by atoms with Gasteiger partial charge in [-0.25, -0.2) is 0 Å². The van der Waals surface area contributed by atoms with Gasteiger partial charge < -0.3 is 5.73 Å². The van der Waals surface area contributed by atoms with Crippen molar-refractivity contribution in [3.8, 4) is 6.07 Å². The minimum Gasteiger partial charge on any atom is -0.329 e. The van der Waals surface area contributed by atoms with Crippen LogP contribution < -0.4 is 5.73 Å². The van der Waals surface area contributed by atoms with Gasteiger partial charge >= 0.3 is 0 Å². The molecule has 1 saturated heterocycles. The van der Waals surface area contributed by atoms with Crippen LogP contribution in [0, 0.1) is 17.2 Å². The van der Waals surface area contributed by atoms with Gasteiger partial charge in [0.2, 0.25) is 0 Å². The highest BCUT2D eigenvalue weighted by Gasteiger charge is 2.24. The van der Waals surface area contributed by atoms with Crippen molar-refractivity contribution < 1.29 is 0 Å². The Morgan fingerprint density at radius 2 is 2.38 bits per heavy atom. The zero-order valence-electron chi connectivity index (χ0n) is 8.37. The number of nitrogens with zero attached hydrogens (tertiary/aromatic N) is 2. The molecule has 2 atom stereocenters. The van der Waals surface area contributed by atoms with Crippen LogP contribution in [0.3, 0.4) is 0 Å². The van der Waals surface area contributed by atoms with Crippen molar-refractivity contribution in [3.05, 3.63) is 0 Å². The lowest BCUT2D eigenvalue weighted by Crippen LogP contribution is -2.46. The summed E-state index contributed by atoms with van der Waals surface area (Å²) in [6.07, 6.45) is 3.08. The molecule has 74 valence electrons. The fourth-order valence-electron chi connectivity index (χ4n) is 2.03. The normalized spacial score (nSPS) is 29.9. The number of likely N-dealkylation sites (tertiary alicyclic amines) is 1. The summed E-state index contributed by atoms with van der Waals surface area (Å²) in [5.74, 6) is 0.798. The van der Waals surface area contributed by atoms with Crippen LogP contribution in [0.1, 0.15) is 26.2 Å². The zero-order valence-corrected chi connectivity index (χ0v) is 8.37. The van der Waals surface area contributed by atoms with Crippen molar-refractivity contribution in [3.63, 3.8) is 0 Å². The summed E-state index contributed by atoms with van der Waals surface area (Å²) in [5.41, 5.74) is 5.70. The van der Waals surface area contributed by atoms with Crippen LogP contribution >= 0.6 is 0 Å². The summed E-state index contributed by atoms with van der Waals surface area (Å²) in [5, 5.41) is 8.50. The van der Waals surface area contributed by atoms with Gasteiger partial charge in [0.25, 0.3) is 0 Å². The first-order chi connectivity index (χ1) is 6.27. The highest BCUT2D eigenvalue weighted by atomic mass is 15.2. The van der Waals surface area contributed by atoms with Gasteiger partial charge in [0, 0.05) is 25.6 Å². The molecule has 0 amide bonds. The van der Waals surface area contributed by atoms with E-state index in [2.05, 4.69) is 17.9 Å². The maximum Gasteiger partial charge on any atom is 0.0635 e. The number of hydrogen-bond donors (Lipinski definition) is 1. The van der Waals surface area contributed by atoms with Crippen LogP contribution in [0.5, 0.6) is 0 Å². The van der Waals surface area contributed by atoms with Crippen molar-refractivity contribution in [1.29, 1.82) is 5.26 Å². The Hall–Kier alpha value is -0.590. The topological polar surface area (TPSA) is 53.0 Å². The molecule has 13 heavy (non-hydrogen) atoms. The first-order valence-electron chi connectivity index (χ1n) is 5.09. The molecule has 1 fully saturated rings. The summed E-state index contributed by atoms with van der Waals surface area (Å²) < 4.78 is 0. The third-order valence-corrected chi connectivity index (χ3v) is 2.88. The van der Waals surface area contributed by atoms with Crippen LogP contribution in [0.15, 0.2) is 0 Å². The van der Waals surface area contributed by atoms with Gasteiger partial charge in [-0.05, 0) is 25.3 Å². The summed E-state index contributed by atoms with van der Waals surface area (Å²) in [7, 11) is 0. The van der Waals surface area contributed by atoms with Gasteiger partial charge in [0.05, 0.1) is 6.07 Å². The molecule has 0 aromatic rings. The molecule has 1 aliphatic heterocycles. The Balaban J connectivity index is 2.39. The Morgan fingerprint density at radius 3 is 3.00 bits per heavy atom. The molecule has 3 heteroatoms. The van der Waals surface area contributed by atoms with E-state index in [1.807, 2.05) is 0 Å². The molecule has 0 aliphatic carbocycles. The third-order valence-electron chi connectivity index (χ3n) is 2.88. The predicted octanol–water partition coefficient (Wildman–Crippen LogP) is 0.959. The first kappa shape index (κ1) is 10.5. The minimum atomic E-state index is 0.511. The molecule has 0 bridgehead atoms. The van der Waals surface area contributed by atoms with Gasteiger partial charge in [-0.15, -0.1) is 0 Å². The Labute approximate surface area is 80.5 Å². The molecule has 0 aromatic carbocycles. The van der Waals surface area contributed by atoms with Gasteiger partial charge in [0.15, 0.2) is 0 Å². The first-order valence-corrected chi connectivity index (χ1v) is 5.09. The average Bonchev–Trinajstić information content (AvgIpc) is 2.16. The van der Waals surface area contributed by atoms with Crippen LogP contribution in [0.2, 0.25) is 0 Å². The highest BCUT2D eigenvalue weighted by Crippen LogP contribution is 2.21. The van der Waals surface area contributed by atoms with Crippen molar-refractivity contribution >= 4 is 0 Å². The molecule has 2 unspecified atom stereocenters. The van der Waals surface area contributed by atoms with E-state index in [9.17, 15) is 0 Å². The van der Waals surface area contributed by atoms with E-state index in [1.165, 1.54) is 12.8 Å². The number of piperidine rings is 1. The van der Waals surface area contributed by atoms with E-state index in [4.69, 9.17) is 11.0 Å². The Morgan fingerprint density at radius 1 is 1.62 bits per heavy atom. The minimum absolute atomic E-state index is 0.511. The second-order valence-electron chi connectivity index (χ2n) is 3.96. The fraction of sp³-hybridized carbons (Fsp3) is 0.900. The van der Waals surface area contributed by atoms with E-state index >= 15 is 0 Å². The third kappa shape index (κ3) is 2.98. The second-order valence-corrected chi connectivity index (χ2v) is 3.96. The number of hydrogen-bond acceptors (Lipinski definition) is 3. The fourth-order valence-corrected chi connectivity index (χ4v) is 2.03. The Bertz CT molecular complexity index is 185. The molecule has 0 aromatic heterocycles. The summed E-state index contributed by atoms with van der Waals surface area (Å²) >= 11 is 0. The summed E-state index contributed by atoms with van der Waals surface area (Å²) in [6.45, 7) is 5.02. The molecule has 0 saturated carbocycles. The molecule has 0 radical (unpaired) electrons. The number of rotatable bonds is 3. The average molecular weight is 181 g/mol. The summed E-state index contributed by atoms with van der Waals surface area (Å²) in [6, 6.07) is 2.70. The van der Waals surface area contributed by atoms with Crippen LogP contribution in [-0.4, -0.2) is 30.6 Å². The molecule has 0 spiro atoms. The molecule has 1 rings (SSSR count). The highest BCUT2D eigenvalue weighted by molar-refractivity contribution is 4.83. The van der Waals surface area contributed by atoms with E-state index in [0.29, 0.717) is 12.5 Å². The maximum absolute atomic E-state index is 8.50. The summed E-state index contributed by atoms with van der Waals surface area (Å²) in [4.78, 5) is 2.36. The lowest BCUT2D eigenvalue weighted by Gasteiger charge is -2.37. The van der Waals surface area contributed by atoms with Gasteiger partial charge in [-0.1, -0.05) is 6.92 Å². The number of nitriles is 1. The molecule has 3 nitrogen and oxygen atoms in total. The van der Waals surface area contributed by atoms with Gasteiger partial charge in [-0.3, -0.25) is 4.90 Å². The van der Waals surface area contributed by atoms with E-state index in [-0.39, 0.29) is 0 Å². The van der Waals surface area contributed by atoms with Gasteiger partial charge in [0.1, 0.15) is 0 Å². The molecular weight excluding hydrogens is 162 g/mol.